The summed E-state index contributed by atoms with van der Waals surface area (Å²) in [6.45, 7) is 3.26. The summed E-state index contributed by atoms with van der Waals surface area (Å²) in [6, 6.07) is 0.145. The molecule has 0 aromatic heterocycles. The largest absolute Gasteiger partial charge is 0.308 e. The van der Waals surface area contributed by atoms with Crippen LogP contribution in [0.2, 0.25) is 0 Å². The Morgan fingerprint density at radius 2 is 1.80 bits per heavy atom. The summed E-state index contributed by atoms with van der Waals surface area (Å²) in [4.78, 5) is 4.28. The van der Waals surface area contributed by atoms with E-state index in [4.69, 9.17) is 11.6 Å². The second-order valence-corrected chi connectivity index (χ2v) is 8.23. The van der Waals surface area contributed by atoms with E-state index in [1.165, 1.54) is 0 Å². The highest BCUT2D eigenvalue weighted by Crippen LogP contribution is 2.19. The zero-order chi connectivity index (χ0) is 15.2. The molecule has 120 valence electrons. The first-order valence-electron chi connectivity index (χ1n) is 7.25. The van der Waals surface area contributed by atoms with Crippen molar-refractivity contribution in [3.8, 4) is 0 Å². The molecule has 1 fully saturated rings. The third kappa shape index (κ3) is 5.85. The fourth-order valence-corrected chi connectivity index (χ4v) is 4.55. The minimum absolute atomic E-state index is 0.145. The van der Waals surface area contributed by atoms with E-state index in [1.54, 1.807) is 4.31 Å². The molecule has 0 N–H and O–H groups in total. The average molecular weight is 326 g/mol. The molecule has 1 aliphatic rings. The van der Waals surface area contributed by atoms with Gasteiger partial charge in [-0.25, -0.2) is 8.42 Å². The van der Waals surface area contributed by atoms with E-state index in [0.717, 1.165) is 32.5 Å². The summed E-state index contributed by atoms with van der Waals surface area (Å²) in [6.07, 6.45) is 2.36. The van der Waals surface area contributed by atoms with Crippen molar-refractivity contribution in [3.63, 3.8) is 0 Å². The number of hydrogen-bond donors (Lipinski definition) is 0. The van der Waals surface area contributed by atoms with Crippen LogP contribution in [0.25, 0.3) is 0 Å². The molecule has 5 nitrogen and oxygen atoms in total. The second-order valence-electron chi connectivity index (χ2n) is 5.81. The number of rotatable bonds is 8. The molecule has 1 heterocycles. The monoisotopic (exact) mass is 325 g/mol. The van der Waals surface area contributed by atoms with E-state index in [2.05, 4.69) is 11.9 Å². The molecule has 0 spiro atoms. The van der Waals surface area contributed by atoms with Gasteiger partial charge in [-0.1, -0.05) is 0 Å². The summed E-state index contributed by atoms with van der Waals surface area (Å²) in [5.74, 6) is 0.560. The lowest BCUT2D eigenvalue weighted by molar-refractivity contribution is 0.175. The lowest BCUT2D eigenvalue weighted by Gasteiger charge is -2.37. The van der Waals surface area contributed by atoms with Gasteiger partial charge in [-0.05, 0) is 53.5 Å². The molecule has 1 rings (SSSR count). The molecule has 0 aliphatic carbocycles. The molecule has 0 aromatic rings. The summed E-state index contributed by atoms with van der Waals surface area (Å²) in [5, 5.41) is 0. The van der Waals surface area contributed by atoms with Crippen molar-refractivity contribution in [1.29, 1.82) is 0 Å². The standard InChI is InChI=1S/C13H28ClN3O2S/c1-15(2)10-11-17(20(18,19)12-4-7-14)13-5-8-16(3)9-6-13/h13H,4-12H2,1-3H3. The van der Waals surface area contributed by atoms with Crippen molar-refractivity contribution in [1.82, 2.24) is 14.1 Å². The smallest absolute Gasteiger partial charge is 0.214 e. The maximum absolute atomic E-state index is 12.5. The van der Waals surface area contributed by atoms with Crippen LogP contribution in [0, 0.1) is 0 Å². The first kappa shape index (κ1) is 18.2. The Kier molecular flexibility index (Phi) is 7.75. The van der Waals surface area contributed by atoms with Crippen LogP contribution < -0.4 is 0 Å². The molecule has 20 heavy (non-hydrogen) atoms. The quantitative estimate of drug-likeness (QED) is 0.622. The van der Waals surface area contributed by atoms with Gasteiger partial charge in [0.05, 0.1) is 5.75 Å². The van der Waals surface area contributed by atoms with Crippen LogP contribution in [0.1, 0.15) is 19.3 Å². The number of likely N-dealkylation sites (N-methyl/N-ethyl adjacent to an activating group) is 1. The van der Waals surface area contributed by atoms with Crippen molar-refractivity contribution < 1.29 is 8.42 Å². The lowest BCUT2D eigenvalue weighted by atomic mass is 10.1. The Morgan fingerprint density at radius 3 is 2.30 bits per heavy atom. The fourth-order valence-electron chi connectivity index (χ4n) is 2.48. The summed E-state index contributed by atoms with van der Waals surface area (Å²) >= 11 is 5.65. The normalized spacial score (nSPS) is 19.1. The molecule has 1 saturated heterocycles. The topological polar surface area (TPSA) is 43.9 Å². The van der Waals surface area contributed by atoms with Gasteiger partial charge in [0.2, 0.25) is 10.0 Å². The minimum atomic E-state index is -3.19. The highest BCUT2D eigenvalue weighted by molar-refractivity contribution is 7.89. The van der Waals surface area contributed by atoms with E-state index < -0.39 is 10.0 Å². The SMILES string of the molecule is CN(C)CCN(C1CCN(C)CC1)S(=O)(=O)CCCCl. The van der Waals surface area contributed by atoms with Gasteiger partial charge in [0.15, 0.2) is 0 Å². The number of hydrogen-bond acceptors (Lipinski definition) is 4. The zero-order valence-electron chi connectivity index (χ0n) is 12.9. The number of likely N-dealkylation sites (tertiary alicyclic amines) is 1. The van der Waals surface area contributed by atoms with Gasteiger partial charge >= 0.3 is 0 Å². The molecule has 0 unspecified atom stereocenters. The number of sulfonamides is 1. The molecular weight excluding hydrogens is 298 g/mol. The average Bonchev–Trinajstić information content (AvgIpc) is 2.38. The van der Waals surface area contributed by atoms with Gasteiger partial charge in [0, 0.05) is 25.0 Å². The van der Waals surface area contributed by atoms with E-state index in [1.807, 2.05) is 19.0 Å². The van der Waals surface area contributed by atoms with E-state index in [0.29, 0.717) is 18.8 Å². The first-order valence-corrected chi connectivity index (χ1v) is 9.40. The molecule has 0 bridgehead atoms. The van der Waals surface area contributed by atoms with Crippen LogP contribution in [0.15, 0.2) is 0 Å². The predicted octanol–water partition coefficient (Wildman–Crippen LogP) is 0.903. The van der Waals surface area contributed by atoms with E-state index in [-0.39, 0.29) is 11.8 Å². The maximum atomic E-state index is 12.5. The number of halogens is 1. The van der Waals surface area contributed by atoms with E-state index >= 15 is 0 Å². The van der Waals surface area contributed by atoms with Crippen molar-refractivity contribution in [2.75, 3.05) is 59.0 Å². The molecule has 0 amide bonds. The number of alkyl halides is 1. The minimum Gasteiger partial charge on any atom is -0.308 e. The summed E-state index contributed by atoms with van der Waals surface area (Å²) in [5.41, 5.74) is 0. The Balaban J connectivity index is 2.73. The fraction of sp³-hybridized carbons (Fsp3) is 1.00. The highest BCUT2D eigenvalue weighted by atomic mass is 35.5. The molecule has 0 aromatic carbocycles. The van der Waals surface area contributed by atoms with Crippen molar-refractivity contribution in [2.45, 2.75) is 25.3 Å². The highest BCUT2D eigenvalue weighted by Gasteiger charge is 2.31. The molecule has 0 radical (unpaired) electrons. The zero-order valence-corrected chi connectivity index (χ0v) is 14.5. The number of nitrogens with zero attached hydrogens (tertiary/aromatic N) is 3. The van der Waals surface area contributed by atoms with Crippen molar-refractivity contribution >= 4 is 21.6 Å². The van der Waals surface area contributed by atoms with Gasteiger partial charge in [-0.2, -0.15) is 4.31 Å². The van der Waals surface area contributed by atoms with Gasteiger partial charge in [0.25, 0.3) is 0 Å². The van der Waals surface area contributed by atoms with Crippen LogP contribution in [-0.4, -0.2) is 87.5 Å². The molecule has 7 heteroatoms. The second kappa shape index (κ2) is 8.54. The summed E-state index contributed by atoms with van der Waals surface area (Å²) < 4.78 is 26.8. The maximum Gasteiger partial charge on any atom is 0.214 e. The summed E-state index contributed by atoms with van der Waals surface area (Å²) in [7, 11) is 2.83. The molecule has 0 saturated carbocycles. The van der Waals surface area contributed by atoms with Crippen LogP contribution in [0.5, 0.6) is 0 Å². The Bertz CT molecular complexity index is 368. The van der Waals surface area contributed by atoms with Crippen LogP contribution in [-0.2, 0) is 10.0 Å². The third-order valence-corrected chi connectivity index (χ3v) is 6.02. The lowest BCUT2D eigenvalue weighted by Crippen LogP contribution is -2.49. The van der Waals surface area contributed by atoms with Crippen molar-refractivity contribution in [2.24, 2.45) is 0 Å². The van der Waals surface area contributed by atoms with Crippen LogP contribution in [0.3, 0.4) is 0 Å². The Labute approximate surface area is 128 Å². The van der Waals surface area contributed by atoms with Crippen LogP contribution >= 0.6 is 11.6 Å². The third-order valence-electron chi connectivity index (χ3n) is 3.76. The molecule has 1 aliphatic heterocycles. The molecular formula is C13H28ClN3O2S. The van der Waals surface area contributed by atoms with Gasteiger partial charge in [0.1, 0.15) is 0 Å². The van der Waals surface area contributed by atoms with Crippen molar-refractivity contribution in [3.05, 3.63) is 0 Å². The van der Waals surface area contributed by atoms with E-state index in [9.17, 15) is 8.42 Å². The van der Waals surface area contributed by atoms with Gasteiger partial charge in [-0.15, -0.1) is 11.6 Å². The first-order chi connectivity index (χ1) is 9.36. The number of piperidine rings is 1. The van der Waals surface area contributed by atoms with Crippen LogP contribution in [0.4, 0.5) is 0 Å². The Hall–Kier alpha value is 0.120. The molecule has 0 atom stereocenters. The predicted molar refractivity (Wildman–Crippen MR) is 84.9 cm³/mol. The van der Waals surface area contributed by atoms with Gasteiger partial charge < -0.3 is 9.80 Å². The Morgan fingerprint density at radius 1 is 1.20 bits per heavy atom. The van der Waals surface area contributed by atoms with Gasteiger partial charge in [-0.3, -0.25) is 0 Å².